The van der Waals surface area contributed by atoms with E-state index >= 15 is 0 Å². The van der Waals surface area contributed by atoms with E-state index in [1.54, 1.807) is 13.1 Å². The molecule has 8 heteroatoms. The van der Waals surface area contributed by atoms with Gasteiger partial charge in [0.15, 0.2) is 5.82 Å². The molecule has 0 radical (unpaired) electrons. The van der Waals surface area contributed by atoms with Crippen molar-refractivity contribution in [1.82, 2.24) is 14.9 Å². The predicted octanol–water partition coefficient (Wildman–Crippen LogP) is 2.77. The molecule has 0 saturated heterocycles. The summed E-state index contributed by atoms with van der Waals surface area (Å²) in [6, 6.07) is 11.6. The molecule has 0 aliphatic carbocycles. The average molecular weight is 361 g/mol. The molecule has 0 bridgehead atoms. The van der Waals surface area contributed by atoms with E-state index in [-0.39, 0.29) is 0 Å². The van der Waals surface area contributed by atoms with Crippen LogP contribution in [0.15, 0.2) is 50.4 Å². The van der Waals surface area contributed by atoms with E-state index in [4.69, 9.17) is 10.3 Å². The predicted molar refractivity (Wildman–Crippen MR) is 88.0 cm³/mol. The Morgan fingerprint density at radius 3 is 2.68 bits per heavy atom. The Balaban J connectivity index is 1.70. The van der Waals surface area contributed by atoms with Crippen LogP contribution in [0, 0.1) is 6.92 Å². The number of hydrogen-bond donors (Lipinski definition) is 2. The highest BCUT2D eigenvalue weighted by Gasteiger charge is 2.05. The summed E-state index contributed by atoms with van der Waals surface area (Å²) in [5, 5.41) is 11.7. The summed E-state index contributed by atoms with van der Waals surface area (Å²) in [5.41, 5.74) is 3.70. The van der Waals surface area contributed by atoms with Crippen LogP contribution < -0.4 is 11.3 Å². The molecule has 3 aromatic rings. The SMILES string of the molecule is Cc1nnc(NN=Cc2ccc(-c3ccc(Br)cc3)o2)n1N. The minimum Gasteiger partial charge on any atom is -0.455 e. The molecule has 3 rings (SSSR count). The first-order valence-corrected chi connectivity index (χ1v) is 7.25. The van der Waals surface area contributed by atoms with E-state index in [0.29, 0.717) is 17.5 Å². The lowest BCUT2D eigenvalue weighted by atomic mass is 10.2. The maximum atomic E-state index is 5.70. The van der Waals surface area contributed by atoms with Crippen LogP contribution in [0.2, 0.25) is 0 Å². The zero-order valence-corrected chi connectivity index (χ0v) is 13.3. The van der Waals surface area contributed by atoms with Crippen molar-refractivity contribution in [1.29, 1.82) is 0 Å². The van der Waals surface area contributed by atoms with Crippen molar-refractivity contribution in [2.24, 2.45) is 5.10 Å². The Kier molecular flexibility index (Phi) is 3.92. The molecule has 112 valence electrons. The van der Waals surface area contributed by atoms with Crippen molar-refractivity contribution >= 4 is 28.1 Å². The van der Waals surface area contributed by atoms with Gasteiger partial charge in [-0.15, -0.1) is 10.2 Å². The number of aryl methyl sites for hydroxylation is 1. The molecule has 0 atom stereocenters. The van der Waals surface area contributed by atoms with Gasteiger partial charge in [0.2, 0.25) is 0 Å². The number of furan rings is 1. The second kappa shape index (κ2) is 6.02. The number of nitrogen functional groups attached to an aromatic ring is 1. The maximum Gasteiger partial charge on any atom is 0.263 e. The summed E-state index contributed by atoms with van der Waals surface area (Å²) in [6.45, 7) is 1.75. The lowest BCUT2D eigenvalue weighted by Crippen LogP contribution is -2.13. The number of nitrogens with zero attached hydrogens (tertiary/aromatic N) is 4. The number of rotatable bonds is 4. The minimum atomic E-state index is 0.355. The molecule has 7 nitrogen and oxygen atoms in total. The summed E-state index contributed by atoms with van der Waals surface area (Å²) < 4.78 is 8.04. The first-order valence-electron chi connectivity index (χ1n) is 6.45. The molecule has 0 saturated carbocycles. The molecule has 0 aliphatic heterocycles. The van der Waals surface area contributed by atoms with Gasteiger partial charge in [0.1, 0.15) is 11.5 Å². The highest BCUT2D eigenvalue weighted by Crippen LogP contribution is 2.23. The first kappa shape index (κ1) is 14.3. The van der Waals surface area contributed by atoms with Crippen molar-refractivity contribution in [3.8, 4) is 11.3 Å². The third-order valence-corrected chi connectivity index (χ3v) is 3.51. The smallest absolute Gasteiger partial charge is 0.263 e. The van der Waals surface area contributed by atoms with E-state index in [1.165, 1.54) is 4.68 Å². The van der Waals surface area contributed by atoms with E-state index in [0.717, 1.165) is 15.8 Å². The van der Waals surface area contributed by atoms with Crippen LogP contribution in [-0.4, -0.2) is 21.1 Å². The third kappa shape index (κ3) is 3.01. The van der Waals surface area contributed by atoms with Gasteiger partial charge in [-0.1, -0.05) is 28.1 Å². The summed E-state index contributed by atoms with van der Waals surface area (Å²) >= 11 is 3.40. The molecule has 0 unspecified atom stereocenters. The quantitative estimate of drug-likeness (QED) is 0.423. The van der Waals surface area contributed by atoms with Gasteiger partial charge in [0, 0.05) is 10.0 Å². The zero-order valence-electron chi connectivity index (χ0n) is 11.7. The average Bonchev–Trinajstić information content (AvgIpc) is 3.10. The number of aromatic nitrogens is 3. The topological polar surface area (TPSA) is 94.3 Å². The molecule has 2 heterocycles. The fourth-order valence-corrected chi connectivity index (χ4v) is 2.06. The van der Waals surface area contributed by atoms with Crippen molar-refractivity contribution < 1.29 is 4.42 Å². The number of hydrogen-bond acceptors (Lipinski definition) is 6. The van der Waals surface area contributed by atoms with Gasteiger partial charge in [-0.3, -0.25) is 0 Å². The highest BCUT2D eigenvalue weighted by atomic mass is 79.9. The number of nitrogens with two attached hydrogens (primary N) is 1. The Morgan fingerprint density at radius 2 is 2.00 bits per heavy atom. The van der Waals surface area contributed by atoms with Crippen LogP contribution in [0.4, 0.5) is 5.95 Å². The zero-order chi connectivity index (χ0) is 15.5. The van der Waals surface area contributed by atoms with Crippen LogP contribution in [0.25, 0.3) is 11.3 Å². The van der Waals surface area contributed by atoms with E-state index in [9.17, 15) is 0 Å². The molecule has 0 aliphatic rings. The molecule has 3 N–H and O–H groups in total. The monoisotopic (exact) mass is 360 g/mol. The Hall–Kier alpha value is -2.61. The summed E-state index contributed by atoms with van der Waals surface area (Å²) in [6.07, 6.45) is 1.55. The molecular formula is C14H13BrN6O. The normalized spacial score (nSPS) is 11.2. The molecule has 1 aromatic carbocycles. The highest BCUT2D eigenvalue weighted by molar-refractivity contribution is 9.10. The molecule has 22 heavy (non-hydrogen) atoms. The van der Waals surface area contributed by atoms with E-state index in [2.05, 4.69) is 36.7 Å². The van der Waals surface area contributed by atoms with Gasteiger partial charge in [-0.05, 0) is 31.2 Å². The van der Waals surface area contributed by atoms with E-state index < -0.39 is 0 Å². The van der Waals surface area contributed by atoms with Crippen molar-refractivity contribution in [2.75, 3.05) is 11.3 Å². The number of anilines is 1. The maximum absolute atomic E-state index is 5.70. The van der Waals surface area contributed by atoms with Crippen molar-refractivity contribution in [2.45, 2.75) is 6.92 Å². The van der Waals surface area contributed by atoms with Gasteiger partial charge in [-0.2, -0.15) is 5.10 Å². The minimum absolute atomic E-state index is 0.355. The molecule has 0 spiro atoms. The van der Waals surface area contributed by atoms with E-state index in [1.807, 2.05) is 36.4 Å². The Morgan fingerprint density at radius 1 is 1.23 bits per heavy atom. The lowest BCUT2D eigenvalue weighted by molar-refractivity contribution is 0.575. The second-order valence-electron chi connectivity index (χ2n) is 4.52. The largest absolute Gasteiger partial charge is 0.455 e. The summed E-state index contributed by atoms with van der Waals surface area (Å²) in [4.78, 5) is 0. The molecular weight excluding hydrogens is 348 g/mol. The van der Waals surface area contributed by atoms with Crippen LogP contribution >= 0.6 is 15.9 Å². The van der Waals surface area contributed by atoms with Gasteiger partial charge in [-0.25, -0.2) is 10.1 Å². The second-order valence-corrected chi connectivity index (χ2v) is 5.44. The van der Waals surface area contributed by atoms with Crippen molar-refractivity contribution in [3.05, 3.63) is 52.5 Å². The van der Waals surface area contributed by atoms with Crippen LogP contribution in [0.3, 0.4) is 0 Å². The fraction of sp³-hybridized carbons (Fsp3) is 0.0714. The number of benzene rings is 1. The number of halogens is 1. The Bertz CT molecular complexity index is 805. The van der Waals surface area contributed by atoms with Crippen LogP contribution in [-0.2, 0) is 0 Å². The number of nitrogens with one attached hydrogen (secondary N) is 1. The molecule has 2 aromatic heterocycles. The fourth-order valence-electron chi connectivity index (χ4n) is 1.79. The Labute approximate surface area is 134 Å². The lowest BCUT2D eigenvalue weighted by Gasteiger charge is -1.98. The van der Waals surface area contributed by atoms with Gasteiger partial charge >= 0.3 is 0 Å². The number of hydrazone groups is 1. The summed E-state index contributed by atoms with van der Waals surface area (Å²) in [7, 11) is 0. The third-order valence-electron chi connectivity index (χ3n) is 2.98. The first-order chi connectivity index (χ1) is 10.6. The van der Waals surface area contributed by atoms with Crippen molar-refractivity contribution in [3.63, 3.8) is 0 Å². The molecule has 0 amide bonds. The van der Waals surface area contributed by atoms with Gasteiger partial charge < -0.3 is 10.3 Å². The van der Waals surface area contributed by atoms with Gasteiger partial charge in [0.25, 0.3) is 5.95 Å². The van der Waals surface area contributed by atoms with Gasteiger partial charge in [0.05, 0.1) is 6.21 Å². The standard InChI is InChI=1S/C14H13BrN6O/c1-9-18-20-14(21(9)16)19-17-8-12-6-7-13(22-12)10-2-4-11(15)5-3-10/h2-8H,16H2,1H3,(H,19,20). The summed E-state index contributed by atoms with van der Waals surface area (Å²) in [5.74, 6) is 8.03. The van der Waals surface area contributed by atoms with Crippen LogP contribution in [0.1, 0.15) is 11.6 Å². The van der Waals surface area contributed by atoms with Crippen LogP contribution in [0.5, 0.6) is 0 Å². The molecule has 0 fully saturated rings.